The number of carbonyl (C=O) groups excluding carboxylic acids is 2. The van der Waals surface area contributed by atoms with E-state index >= 15 is 0 Å². The number of urea groups is 1. The van der Waals surface area contributed by atoms with Crippen LogP contribution < -0.4 is 0 Å². The number of carbonyl (C=O) groups is 2. The molecule has 1 aromatic carbocycles. The summed E-state index contributed by atoms with van der Waals surface area (Å²) in [6, 6.07) is 8.81. The number of benzene rings is 1. The molecule has 1 aromatic rings. The van der Waals surface area contributed by atoms with Gasteiger partial charge in [0, 0.05) is 20.1 Å². The molecule has 0 saturated carbocycles. The van der Waals surface area contributed by atoms with Crippen LogP contribution in [0.5, 0.6) is 0 Å². The number of hydrogen-bond donors (Lipinski definition) is 0. The Morgan fingerprint density at radius 2 is 1.75 bits per heavy atom. The predicted molar refractivity (Wildman–Crippen MR) is 107 cm³/mol. The molecule has 0 aromatic heterocycles. The number of imide groups is 1. The average Bonchev–Trinajstić information content (AvgIpc) is 2.90. The summed E-state index contributed by atoms with van der Waals surface area (Å²) in [5, 5.41) is 0. The third-order valence-electron chi connectivity index (χ3n) is 5.71. The van der Waals surface area contributed by atoms with Gasteiger partial charge in [-0.15, -0.1) is 0 Å². The van der Waals surface area contributed by atoms with Crippen molar-refractivity contribution in [1.82, 2.24) is 14.1 Å². The quantitative estimate of drug-likeness (QED) is 0.720. The lowest BCUT2D eigenvalue weighted by atomic mass is 9.97. The number of rotatable bonds is 4. The normalized spacial score (nSPS) is 25.0. The first-order valence-corrected chi connectivity index (χ1v) is 11.3. The van der Waals surface area contributed by atoms with Crippen molar-refractivity contribution in [3.8, 4) is 0 Å². The van der Waals surface area contributed by atoms with E-state index in [1.165, 1.54) is 21.5 Å². The van der Waals surface area contributed by atoms with Gasteiger partial charge in [0.05, 0.1) is 18.3 Å². The van der Waals surface area contributed by atoms with Crippen LogP contribution >= 0.6 is 0 Å². The van der Waals surface area contributed by atoms with Crippen LogP contribution in [0.25, 0.3) is 0 Å². The van der Waals surface area contributed by atoms with Gasteiger partial charge in [0.15, 0.2) is 0 Å². The Bertz CT molecular complexity index is 861. The second kappa shape index (κ2) is 8.05. The molecule has 2 aliphatic rings. The van der Waals surface area contributed by atoms with E-state index in [0.29, 0.717) is 25.9 Å². The van der Waals surface area contributed by atoms with E-state index in [4.69, 9.17) is 0 Å². The van der Waals surface area contributed by atoms with E-state index < -0.39 is 10.0 Å². The molecule has 7 nitrogen and oxygen atoms in total. The molecule has 2 fully saturated rings. The van der Waals surface area contributed by atoms with Crippen molar-refractivity contribution in [2.24, 2.45) is 5.92 Å². The molecule has 2 saturated heterocycles. The highest BCUT2D eigenvalue weighted by Crippen LogP contribution is 2.34. The summed E-state index contributed by atoms with van der Waals surface area (Å²) in [6.45, 7) is 2.85. The lowest BCUT2D eigenvalue weighted by Crippen LogP contribution is -2.37. The Labute approximate surface area is 166 Å². The monoisotopic (exact) mass is 405 g/mol. The van der Waals surface area contributed by atoms with E-state index in [0.717, 1.165) is 5.56 Å². The molecule has 3 rings (SSSR count). The molecule has 8 heteroatoms. The Morgan fingerprint density at radius 3 is 2.32 bits per heavy atom. The molecule has 2 aliphatic heterocycles. The van der Waals surface area contributed by atoms with Crippen molar-refractivity contribution >= 4 is 22.0 Å². The fraction of sp³-hybridized carbons (Fsp3) is 0.500. The molecule has 3 amide bonds. The molecule has 2 heterocycles. The van der Waals surface area contributed by atoms with Crippen LogP contribution in [-0.4, -0.2) is 66.9 Å². The van der Waals surface area contributed by atoms with E-state index in [2.05, 4.69) is 0 Å². The Morgan fingerprint density at radius 1 is 1.14 bits per heavy atom. The zero-order chi connectivity index (χ0) is 20.5. The molecule has 0 bridgehead atoms. The van der Waals surface area contributed by atoms with Crippen molar-refractivity contribution in [3.05, 3.63) is 48.0 Å². The van der Waals surface area contributed by atoms with Crippen molar-refractivity contribution in [3.63, 3.8) is 0 Å². The van der Waals surface area contributed by atoms with E-state index in [9.17, 15) is 18.0 Å². The minimum Gasteiger partial charge on any atom is -0.322 e. The molecular weight excluding hydrogens is 378 g/mol. The molecule has 0 unspecified atom stereocenters. The number of likely N-dealkylation sites (N-methyl/N-ethyl adjacent to an activating group) is 1. The lowest BCUT2D eigenvalue weighted by Gasteiger charge is -2.28. The Kier molecular flexibility index (Phi) is 5.90. The second-order valence-electron chi connectivity index (χ2n) is 7.56. The first-order valence-electron chi connectivity index (χ1n) is 9.48. The van der Waals surface area contributed by atoms with Gasteiger partial charge in [0.2, 0.25) is 10.0 Å². The second-order valence-corrected chi connectivity index (χ2v) is 9.54. The van der Waals surface area contributed by atoms with Crippen LogP contribution in [0.15, 0.2) is 42.5 Å². The third kappa shape index (κ3) is 4.12. The van der Waals surface area contributed by atoms with Crippen LogP contribution in [0.1, 0.15) is 31.4 Å². The number of piperidine rings is 1. The van der Waals surface area contributed by atoms with Crippen LogP contribution in [-0.2, 0) is 14.8 Å². The van der Waals surface area contributed by atoms with Crippen LogP contribution in [0.2, 0.25) is 0 Å². The van der Waals surface area contributed by atoms with Crippen LogP contribution in [0, 0.1) is 5.92 Å². The fourth-order valence-corrected chi connectivity index (χ4v) is 4.77. The average molecular weight is 406 g/mol. The molecule has 0 radical (unpaired) electrons. The molecule has 28 heavy (non-hydrogen) atoms. The van der Waals surface area contributed by atoms with Gasteiger partial charge < -0.3 is 4.90 Å². The van der Waals surface area contributed by atoms with Crippen LogP contribution in [0.4, 0.5) is 4.79 Å². The molecular formula is C20H27N3O4S. The molecule has 152 valence electrons. The van der Waals surface area contributed by atoms with Gasteiger partial charge in [-0.05, 0) is 37.3 Å². The highest BCUT2D eigenvalue weighted by atomic mass is 32.2. The van der Waals surface area contributed by atoms with Crippen molar-refractivity contribution in [2.45, 2.75) is 31.8 Å². The first kappa shape index (κ1) is 20.5. The van der Waals surface area contributed by atoms with Gasteiger partial charge in [-0.25, -0.2) is 17.5 Å². The molecule has 0 N–H and O–H groups in total. The van der Waals surface area contributed by atoms with Gasteiger partial charge in [0.25, 0.3) is 5.91 Å². The smallest absolute Gasteiger partial charge is 0.322 e. The summed E-state index contributed by atoms with van der Waals surface area (Å²) in [5.41, 5.74) is 0.927. The standard InChI is InChI=1S/C20H27N3O4S/c1-15-19(17-7-5-4-6-8-17)23(20(25)21(15)2)18(24)10-9-16-11-13-22(14-12-16)28(3,26)27/h4-10,15-16,19H,11-14H2,1-3H3/t15-,19-/m0/s1. The summed E-state index contributed by atoms with van der Waals surface area (Å²) in [6.07, 6.45) is 5.85. The SMILES string of the molecule is C[C@H]1[C@@H](c2ccccc2)N(C(=O)C=CC2CCN(S(C)(=O)=O)CC2)C(=O)N1C. The van der Waals surface area contributed by atoms with Crippen molar-refractivity contribution in [2.75, 3.05) is 26.4 Å². The number of nitrogens with zero attached hydrogens (tertiary/aromatic N) is 3. The summed E-state index contributed by atoms with van der Waals surface area (Å²) in [7, 11) is -1.46. The van der Waals surface area contributed by atoms with E-state index in [-0.39, 0.29) is 29.9 Å². The minimum absolute atomic E-state index is 0.120. The van der Waals surface area contributed by atoms with Gasteiger partial charge >= 0.3 is 6.03 Å². The zero-order valence-electron chi connectivity index (χ0n) is 16.5. The summed E-state index contributed by atoms with van der Waals surface area (Å²) >= 11 is 0. The van der Waals surface area contributed by atoms with Gasteiger partial charge in [-0.1, -0.05) is 36.4 Å². The van der Waals surface area contributed by atoms with Gasteiger partial charge in [0.1, 0.15) is 0 Å². The Hall–Kier alpha value is -2.19. The summed E-state index contributed by atoms with van der Waals surface area (Å²) < 4.78 is 24.7. The molecule has 0 spiro atoms. The predicted octanol–water partition coefficient (Wildman–Crippen LogP) is 2.24. The largest absolute Gasteiger partial charge is 0.327 e. The minimum atomic E-state index is -3.17. The van der Waals surface area contributed by atoms with Crippen molar-refractivity contribution < 1.29 is 18.0 Å². The number of sulfonamides is 1. The summed E-state index contributed by atoms with van der Waals surface area (Å²) in [5.74, 6) is -0.203. The molecule has 0 aliphatic carbocycles. The Balaban J connectivity index is 1.72. The number of allylic oxidation sites excluding steroid dienone is 1. The summed E-state index contributed by atoms with van der Waals surface area (Å²) in [4.78, 5) is 28.5. The zero-order valence-corrected chi connectivity index (χ0v) is 17.3. The lowest BCUT2D eigenvalue weighted by molar-refractivity contribution is -0.124. The van der Waals surface area contributed by atoms with Crippen molar-refractivity contribution in [1.29, 1.82) is 0 Å². The fourth-order valence-electron chi connectivity index (χ4n) is 3.90. The van der Waals surface area contributed by atoms with Crippen LogP contribution in [0.3, 0.4) is 0 Å². The first-order chi connectivity index (χ1) is 13.2. The number of amides is 3. The maximum Gasteiger partial charge on any atom is 0.327 e. The van der Waals surface area contributed by atoms with E-state index in [1.54, 1.807) is 11.9 Å². The maximum atomic E-state index is 12.9. The topological polar surface area (TPSA) is 78.0 Å². The maximum absolute atomic E-state index is 12.9. The van der Waals surface area contributed by atoms with Gasteiger partial charge in [-0.3, -0.25) is 9.69 Å². The third-order valence-corrected chi connectivity index (χ3v) is 7.01. The highest BCUT2D eigenvalue weighted by molar-refractivity contribution is 7.88. The van der Waals surface area contributed by atoms with E-state index in [1.807, 2.05) is 43.3 Å². The van der Waals surface area contributed by atoms with Gasteiger partial charge in [-0.2, -0.15) is 0 Å². The number of hydrogen-bond acceptors (Lipinski definition) is 4. The molecule has 2 atom stereocenters. The highest BCUT2D eigenvalue weighted by Gasteiger charge is 2.44.